The molecule has 0 spiro atoms. The summed E-state index contributed by atoms with van der Waals surface area (Å²) >= 11 is 0. The molecule has 6 heteroatoms. The fraction of sp³-hybridized carbons (Fsp3) is 0.438. The van der Waals surface area contributed by atoms with E-state index in [1.54, 1.807) is 13.8 Å². The van der Waals surface area contributed by atoms with Crippen molar-refractivity contribution in [2.75, 3.05) is 5.32 Å². The number of anilines is 1. The van der Waals surface area contributed by atoms with E-state index in [4.69, 9.17) is 0 Å². The van der Waals surface area contributed by atoms with Crippen molar-refractivity contribution in [2.45, 2.75) is 46.1 Å². The molecule has 0 saturated carbocycles. The summed E-state index contributed by atoms with van der Waals surface area (Å²) in [6, 6.07) is 1.16. The molecular weight excluding hydrogens is 287 g/mol. The molecule has 1 aliphatic carbocycles. The lowest BCUT2D eigenvalue weighted by molar-refractivity contribution is -0.120. The number of carbonyl (C=O) groups excluding carboxylic acids is 3. The molecule has 0 heterocycles. The molecular formula is C16H19FN2O3. The first-order valence-electron chi connectivity index (χ1n) is 7.09. The van der Waals surface area contributed by atoms with Gasteiger partial charge in [0.15, 0.2) is 5.78 Å². The normalized spacial score (nSPS) is 20.3. The molecule has 22 heavy (non-hydrogen) atoms. The van der Waals surface area contributed by atoms with Gasteiger partial charge in [0.1, 0.15) is 11.4 Å². The molecule has 0 saturated heterocycles. The summed E-state index contributed by atoms with van der Waals surface area (Å²) in [6.45, 7) is 5.90. The fourth-order valence-corrected chi connectivity index (χ4v) is 2.93. The standard InChI is InChI=1S/C16H19FN2O3/c1-8-11-5-6-16(4,19-10(3)21)15(22)14(11)13(7-12(8)17)18-9(2)20/h7H,5-6H2,1-4H3,(H,18,20)(H,19,21). The second-order valence-corrected chi connectivity index (χ2v) is 5.91. The van der Waals surface area contributed by atoms with E-state index in [-0.39, 0.29) is 28.8 Å². The van der Waals surface area contributed by atoms with Crippen LogP contribution >= 0.6 is 0 Å². The van der Waals surface area contributed by atoms with Crippen molar-refractivity contribution < 1.29 is 18.8 Å². The third-order valence-electron chi connectivity index (χ3n) is 4.02. The number of benzene rings is 1. The molecule has 118 valence electrons. The quantitative estimate of drug-likeness (QED) is 0.879. The van der Waals surface area contributed by atoms with Gasteiger partial charge in [-0.05, 0) is 43.9 Å². The van der Waals surface area contributed by atoms with Gasteiger partial charge in [0, 0.05) is 19.4 Å². The highest BCUT2D eigenvalue weighted by Crippen LogP contribution is 2.36. The topological polar surface area (TPSA) is 75.3 Å². The molecule has 2 amide bonds. The van der Waals surface area contributed by atoms with Gasteiger partial charge in [-0.1, -0.05) is 0 Å². The van der Waals surface area contributed by atoms with E-state index in [9.17, 15) is 18.8 Å². The Morgan fingerprint density at radius 2 is 1.91 bits per heavy atom. The van der Waals surface area contributed by atoms with Crippen molar-refractivity contribution in [3.05, 3.63) is 28.6 Å². The second-order valence-electron chi connectivity index (χ2n) is 5.91. The molecule has 1 aromatic rings. The Hall–Kier alpha value is -2.24. The Morgan fingerprint density at radius 1 is 1.27 bits per heavy atom. The van der Waals surface area contributed by atoms with E-state index in [1.165, 1.54) is 13.8 Å². The minimum Gasteiger partial charge on any atom is -0.344 e. The summed E-state index contributed by atoms with van der Waals surface area (Å²) in [5.74, 6) is -1.46. The SMILES string of the molecule is CC(=O)Nc1cc(F)c(C)c2c1C(=O)C(C)(NC(C)=O)CC2. The molecule has 2 N–H and O–H groups in total. The van der Waals surface area contributed by atoms with Gasteiger partial charge in [-0.15, -0.1) is 0 Å². The molecule has 1 aliphatic rings. The molecule has 0 radical (unpaired) electrons. The molecule has 0 fully saturated rings. The smallest absolute Gasteiger partial charge is 0.221 e. The average Bonchev–Trinajstić information content (AvgIpc) is 2.37. The van der Waals surface area contributed by atoms with Crippen molar-refractivity contribution >= 4 is 23.3 Å². The Morgan fingerprint density at radius 3 is 2.45 bits per heavy atom. The Balaban J connectivity index is 2.61. The highest BCUT2D eigenvalue weighted by molar-refractivity contribution is 6.12. The van der Waals surface area contributed by atoms with E-state index >= 15 is 0 Å². The summed E-state index contributed by atoms with van der Waals surface area (Å²) in [5.41, 5.74) is 0.401. The highest BCUT2D eigenvalue weighted by Gasteiger charge is 2.41. The van der Waals surface area contributed by atoms with Gasteiger partial charge in [-0.3, -0.25) is 14.4 Å². The number of hydrogen-bond donors (Lipinski definition) is 2. The predicted molar refractivity (Wildman–Crippen MR) is 80.3 cm³/mol. The van der Waals surface area contributed by atoms with Crippen LogP contribution in [-0.2, 0) is 16.0 Å². The molecule has 2 rings (SSSR count). The summed E-state index contributed by atoms with van der Waals surface area (Å²) in [7, 11) is 0. The molecule has 0 aliphatic heterocycles. The van der Waals surface area contributed by atoms with E-state index in [0.717, 1.165) is 6.07 Å². The van der Waals surface area contributed by atoms with Crippen molar-refractivity contribution in [1.82, 2.24) is 5.32 Å². The minimum absolute atomic E-state index is 0.159. The van der Waals surface area contributed by atoms with Crippen molar-refractivity contribution in [1.29, 1.82) is 0 Å². The van der Waals surface area contributed by atoms with Crippen molar-refractivity contribution in [3.63, 3.8) is 0 Å². The van der Waals surface area contributed by atoms with Gasteiger partial charge in [-0.25, -0.2) is 4.39 Å². The van der Waals surface area contributed by atoms with Crippen molar-refractivity contribution in [2.24, 2.45) is 0 Å². The maximum absolute atomic E-state index is 14.0. The number of nitrogens with one attached hydrogen (secondary N) is 2. The highest BCUT2D eigenvalue weighted by atomic mass is 19.1. The average molecular weight is 306 g/mol. The monoisotopic (exact) mass is 306 g/mol. The Labute approximate surface area is 128 Å². The van der Waals surface area contributed by atoms with Gasteiger partial charge in [0.05, 0.1) is 5.69 Å². The van der Waals surface area contributed by atoms with Crippen LogP contribution < -0.4 is 10.6 Å². The van der Waals surface area contributed by atoms with Crippen LogP contribution in [0.3, 0.4) is 0 Å². The molecule has 5 nitrogen and oxygen atoms in total. The zero-order chi connectivity index (χ0) is 16.7. The number of rotatable bonds is 2. The number of carbonyl (C=O) groups is 3. The summed E-state index contributed by atoms with van der Waals surface area (Å²) in [5, 5.41) is 5.18. The minimum atomic E-state index is -1.05. The number of hydrogen-bond acceptors (Lipinski definition) is 3. The van der Waals surface area contributed by atoms with E-state index in [0.29, 0.717) is 24.0 Å². The largest absolute Gasteiger partial charge is 0.344 e. The van der Waals surface area contributed by atoms with Crippen LogP contribution in [0.2, 0.25) is 0 Å². The van der Waals surface area contributed by atoms with Crippen LogP contribution in [0, 0.1) is 12.7 Å². The van der Waals surface area contributed by atoms with E-state index in [1.807, 2.05) is 0 Å². The maximum atomic E-state index is 14.0. The Kier molecular flexibility index (Phi) is 4.04. The third kappa shape index (κ3) is 2.73. The number of halogens is 1. The van der Waals surface area contributed by atoms with Crippen LogP contribution in [0.5, 0.6) is 0 Å². The van der Waals surface area contributed by atoms with Crippen LogP contribution in [0.15, 0.2) is 6.07 Å². The Bertz CT molecular complexity index is 684. The van der Waals surface area contributed by atoms with Crippen LogP contribution in [0.25, 0.3) is 0 Å². The molecule has 1 aromatic carbocycles. The van der Waals surface area contributed by atoms with Gasteiger partial charge in [-0.2, -0.15) is 0 Å². The van der Waals surface area contributed by atoms with Crippen molar-refractivity contribution in [3.8, 4) is 0 Å². The number of Topliss-reactive ketones (excluding diaryl/α,β-unsaturated/α-hetero) is 1. The fourth-order valence-electron chi connectivity index (χ4n) is 2.93. The lowest BCUT2D eigenvalue weighted by atomic mass is 9.75. The molecule has 0 aromatic heterocycles. The number of ketones is 1. The van der Waals surface area contributed by atoms with Crippen LogP contribution in [0.1, 0.15) is 48.7 Å². The van der Waals surface area contributed by atoms with Gasteiger partial charge in [0.25, 0.3) is 0 Å². The number of amides is 2. The summed E-state index contributed by atoms with van der Waals surface area (Å²) < 4.78 is 14.0. The predicted octanol–water partition coefficient (Wildman–Crippen LogP) is 2.12. The molecule has 1 atom stereocenters. The molecule has 0 bridgehead atoms. The summed E-state index contributed by atoms with van der Waals surface area (Å²) in [6.07, 6.45) is 0.844. The lowest BCUT2D eigenvalue weighted by Crippen LogP contribution is -2.54. The van der Waals surface area contributed by atoms with Gasteiger partial charge >= 0.3 is 0 Å². The van der Waals surface area contributed by atoms with Gasteiger partial charge in [0.2, 0.25) is 11.8 Å². The first-order valence-corrected chi connectivity index (χ1v) is 7.09. The summed E-state index contributed by atoms with van der Waals surface area (Å²) in [4.78, 5) is 35.5. The van der Waals surface area contributed by atoms with Gasteiger partial charge < -0.3 is 10.6 Å². The third-order valence-corrected chi connectivity index (χ3v) is 4.02. The van der Waals surface area contributed by atoms with Crippen LogP contribution in [-0.4, -0.2) is 23.1 Å². The second kappa shape index (κ2) is 5.51. The lowest BCUT2D eigenvalue weighted by Gasteiger charge is -2.35. The first kappa shape index (κ1) is 16.1. The zero-order valence-electron chi connectivity index (χ0n) is 13.1. The zero-order valence-corrected chi connectivity index (χ0v) is 13.1. The van der Waals surface area contributed by atoms with Crippen LogP contribution in [0.4, 0.5) is 10.1 Å². The first-order chi connectivity index (χ1) is 10.2. The maximum Gasteiger partial charge on any atom is 0.221 e. The number of fused-ring (bicyclic) bond motifs is 1. The van der Waals surface area contributed by atoms with E-state index < -0.39 is 11.4 Å². The molecule has 1 unspecified atom stereocenters. The van der Waals surface area contributed by atoms with E-state index in [2.05, 4.69) is 10.6 Å².